The lowest BCUT2D eigenvalue weighted by Gasteiger charge is -2.09. The maximum absolute atomic E-state index is 12.1. The lowest BCUT2D eigenvalue weighted by atomic mass is 10.2. The first kappa shape index (κ1) is 17.5. The Balaban J connectivity index is 2.64. The number of hydrogen-bond donors (Lipinski definition) is 2. The van der Waals surface area contributed by atoms with Crippen molar-refractivity contribution >= 4 is 15.7 Å². The summed E-state index contributed by atoms with van der Waals surface area (Å²) in [6.45, 7) is 3.40. The van der Waals surface area contributed by atoms with Crippen LogP contribution in [0.15, 0.2) is 23.1 Å². The van der Waals surface area contributed by atoms with Crippen LogP contribution in [0.5, 0.6) is 0 Å². The molecule has 1 aromatic carbocycles. The molecule has 21 heavy (non-hydrogen) atoms. The number of ether oxygens (including phenoxy) is 1. The molecule has 0 aromatic heterocycles. The van der Waals surface area contributed by atoms with E-state index in [9.17, 15) is 18.5 Å². The molecule has 0 radical (unpaired) electrons. The van der Waals surface area contributed by atoms with Gasteiger partial charge in [0.05, 0.1) is 16.4 Å². The van der Waals surface area contributed by atoms with E-state index >= 15 is 0 Å². The van der Waals surface area contributed by atoms with E-state index in [0.717, 1.165) is 0 Å². The fourth-order valence-electron chi connectivity index (χ4n) is 1.70. The van der Waals surface area contributed by atoms with Gasteiger partial charge in [0.1, 0.15) is 0 Å². The Morgan fingerprint density at radius 3 is 2.57 bits per heavy atom. The molecule has 0 atom stereocenters. The molecule has 0 spiro atoms. The van der Waals surface area contributed by atoms with Crippen LogP contribution in [0, 0.1) is 17.0 Å². The zero-order chi connectivity index (χ0) is 15.9. The number of rotatable bonds is 9. The van der Waals surface area contributed by atoms with Crippen molar-refractivity contribution in [1.29, 1.82) is 0 Å². The summed E-state index contributed by atoms with van der Waals surface area (Å²) in [7, 11) is -2.08. The van der Waals surface area contributed by atoms with Gasteiger partial charge in [-0.15, -0.1) is 0 Å². The molecule has 0 aliphatic carbocycles. The number of non-ortho nitro benzene ring substituents is 1. The first-order chi connectivity index (χ1) is 9.88. The zero-order valence-corrected chi connectivity index (χ0v) is 12.8. The highest BCUT2D eigenvalue weighted by atomic mass is 32.2. The number of benzene rings is 1. The smallest absolute Gasteiger partial charge is 0.269 e. The van der Waals surface area contributed by atoms with Crippen LogP contribution in [-0.4, -0.2) is 46.7 Å². The van der Waals surface area contributed by atoms with Crippen molar-refractivity contribution in [1.82, 2.24) is 10.0 Å². The number of nitrogens with one attached hydrogen (secondary N) is 2. The van der Waals surface area contributed by atoms with Crippen LogP contribution in [0.25, 0.3) is 0 Å². The summed E-state index contributed by atoms with van der Waals surface area (Å²) in [5, 5.41) is 13.6. The van der Waals surface area contributed by atoms with Crippen LogP contribution in [-0.2, 0) is 14.8 Å². The van der Waals surface area contributed by atoms with Crippen molar-refractivity contribution in [3.05, 3.63) is 33.9 Å². The van der Waals surface area contributed by atoms with Gasteiger partial charge >= 0.3 is 0 Å². The summed E-state index contributed by atoms with van der Waals surface area (Å²) in [6, 6.07) is 3.66. The molecule has 1 aromatic rings. The summed E-state index contributed by atoms with van der Waals surface area (Å²) in [6.07, 6.45) is 0. The number of nitro benzene ring substituents is 1. The second kappa shape index (κ2) is 8.03. The average molecular weight is 317 g/mol. The van der Waals surface area contributed by atoms with Gasteiger partial charge in [-0.25, -0.2) is 13.1 Å². The summed E-state index contributed by atoms with van der Waals surface area (Å²) < 4.78 is 31.5. The number of nitrogens with zero attached hydrogens (tertiary/aromatic N) is 1. The molecular formula is C12H19N3O5S. The highest BCUT2D eigenvalue weighted by Gasteiger charge is 2.18. The number of aryl methyl sites for hydroxylation is 1. The predicted molar refractivity (Wildman–Crippen MR) is 77.8 cm³/mol. The SMILES string of the molecule is COCCNCCNS(=O)(=O)c1ccc([N+](=O)[O-])cc1C. The summed E-state index contributed by atoms with van der Waals surface area (Å²) >= 11 is 0. The molecule has 0 bridgehead atoms. The van der Waals surface area contributed by atoms with E-state index in [1.54, 1.807) is 7.11 Å². The molecule has 0 aliphatic heterocycles. The highest BCUT2D eigenvalue weighted by molar-refractivity contribution is 7.89. The number of nitro groups is 1. The second-order valence-corrected chi connectivity index (χ2v) is 6.08. The van der Waals surface area contributed by atoms with Crippen LogP contribution in [0.4, 0.5) is 5.69 Å². The topological polar surface area (TPSA) is 111 Å². The van der Waals surface area contributed by atoms with Crippen LogP contribution in [0.3, 0.4) is 0 Å². The Morgan fingerprint density at radius 2 is 2.00 bits per heavy atom. The van der Waals surface area contributed by atoms with Gasteiger partial charge in [-0.2, -0.15) is 0 Å². The number of hydrogen-bond acceptors (Lipinski definition) is 6. The van der Waals surface area contributed by atoms with Crippen LogP contribution in [0.2, 0.25) is 0 Å². The Morgan fingerprint density at radius 1 is 1.29 bits per heavy atom. The third-order valence-electron chi connectivity index (χ3n) is 2.74. The van der Waals surface area contributed by atoms with Crippen molar-refractivity contribution in [2.75, 3.05) is 33.4 Å². The molecule has 0 unspecified atom stereocenters. The molecule has 1 rings (SSSR count). The van der Waals surface area contributed by atoms with Crippen molar-refractivity contribution in [3.8, 4) is 0 Å². The van der Waals surface area contributed by atoms with E-state index in [0.29, 0.717) is 25.3 Å². The maximum Gasteiger partial charge on any atom is 0.269 e. The fourth-order valence-corrected chi connectivity index (χ4v) is 2.96. The lowest BCUT2D eigenvalue weighted by Crippen LogP contribution is -2.33. The van der Waals surface area contributed by atoms with E-state index in [1.165, 1.54) is 25.1 Å². The molecule has 0 saturated carbocycles. The number of methoxy groups -OCH3 is 1. The Bertz CT molecular complexity index is 589. The molecule has 0 saturated heterocycles. The van der Waals surface area contributed by atoms with E-state index in [-0.39, 0.29) is 17.1 Å². The summed E-state index contributed by atoms with van der Waals surface area (Å²) in [5.74, 6) is 0. The molecule has 0 fully saturated rings. The van der Waals surface area contributed by atoms with Crippen LogP contribution >= 0.6 is 0 Å². The molecule has 0 amide bonds. The molecule has 0 heterocycles. The minimum atomic E-state index is -3.67. The Hall–Kier alpha value is -1.55. The quantitative estimate of drug-likeness (QED) is 0.388. The highest BCUT2D eigenvalue weighted by Crippen LogP contribution is 2.20. The third-order valence-corrected chi connectivity index (χ3v) is 4.36. The molecule has 8 nitrogen and oxygen atoms in total. The fraction of sp³-hybridized carbons (Fsp3) is 0.500. The minimum Gasteiger partial charge on any atom is -0.383 e. The number of sulfonamides is 1. The molecule has 2 N–H and O–H groups in total. The van der Waals surface area contributed by atoms with Crippen LogP contribution < -0.4 is 10.0 Å². The standard InChI is InChI=1S/C12H19N3O5S/c1-10-9-11(15(16)17)3-4-12(10)21(18,19)14-6-5-13-7-8-20-2/h3-4,9,13-14H,5-8H2,1-2H3. The lowest BCUT2D eigenvalue weighted by molar-refractivity contribution is -0.385. The van der Waals surface area contributed by atoms with Crippen molar-refractivity contribution in [2.45, 2.75) is 11.8 Å². The zero-order valence-electron chi connectivity index (χ0n) is 12.0. The normalized spacial score (nSPS) is 11.5. The summed E-state index contributed by atoms with van der Waals surface area (Å²) in [4.78, 5) is 10.1. The van der Waals surface area contributed by atoms with Gasteiger partial charge in [0.2, 0.25) is 10.0 Å². The van der Waals surface area contributed by atoms with Crippen LogP contribution in [0.1, 0.15) is 5.56 Å². The summed E-state index contributed by atoms with van der Waals surface area (Å²) in [5.41, 5.74) is 0.205. The Kier molecular flexibility index (Phi) is 6.69. The van der Waals surface area contributed by atoms with E-state index in [1.807, 2.05) is 0 Å². The molecule has 0 aliphatic rings. The largest absolute Gasteiger partial charge is 0.383 e. The molecule has 118 valence electrons. The van der Waals surface area contributed by atoms with E-state index in [4.69, 9.17) is 4.74 Å². The van der Waals surface area contributed by atoms with Crippen molar-refractivity contribution in [3.63, 3.8) is 0 Å². The van der Waals surface area contributed by atoms with E-state index < -0.39 is 14.9 Å². The first-order valence-corrected chi connectivity index (χ1v) is 7.81. The minimum absolute atomic E-state index is 0.0463. The van der Waals surface area contributed by atoms with Gasteiger partial charge < -0.3 is 10.1 Å². The van der Waals surface area contributed by atoms with Gasteiger partial charge in [0.15, 0.2) is 0 Å². The third kappa shape index (κ3) is 5.38. The van der Waals surface area contributed by atoms with Crippen molar-refractivity contribution in [2.24, 2.45) is 0 Å². The molecule has 9 heteroatoms. The Labute approximate surface area is 123 Å². The average Bonchev–Trinajstić information content (AvgIpc) is 2.42. The molecular weight excluding hydrogens is 298 g/mol. The maximum atomic E-state index is 12.1. The van der Waals surface area contributed by atoms with Gasteiger partial charge in [0, 0.05) is 38.9 Å². The predicted octanol–water partition coefficient (Wildman–Crippen LogP) is 0.418. The van der Waals surface area contributed by atoms with Crippen molar-refractivity contribution < 1.29 is 18.1 Å². The van der Waals surface area contributed by atoms with Gasteiger partial charge in [-0.05, 0) is 18.6 Å². The van der Waals surface area contributed by atoms with Gasteiger partial charge in [-0.1, -0.05) is 0 Å². The first-order valence-electron chi connectivity index (χ1n) is 6.33. The van der Waals surface area contributed by atoms with Gasteiger partial charge in [0.25, 0.3) is 5.69 Å². The second-order valence-electron chi connectivity index (χ2n) is 4.35. The van der Waals surface area contributed by atoms with Gasteiger partial charge in [-0.3, -0.25) is 10.1 Å². The monoisotopic (exact) mass is 317 g/mol. The van der Waals surface area contributed by atoms with E-state index in [2.05, 4.69) is 10.0 Å².